The van der Waals surface area contributed by atoms with Crippen LogP contribution in [0.5, 0.6) is 0 Å². The minimum Gasteiger partial charge on any atom is -0.298 e. The summed E-state index contributed by atoms with van der Waals surface area (Å²) in [7, 11) is -3.69. The lowest BCUT2D eigenvalue weighted by Crippen LogP contribution is -2.35. The molecule has 0 spiro atoms. The van der Waals surface area contributed by atoms with Crippen LogP contribution in [-0.4, -0.2) is 37.3 Å². The van der Waals surface area contributed by atoms with Crippen molar-refractivity contribution in [1.29, 1.82) is 0 Å². The lowest BCUT2D eigenvalue weighted by atomic mass is 9.87. The van der Waals surface area contributed by atoms with Gasteiger partial charge in [-0.25, -0.2) is 8.42 Å². The molecule has 0 aliphatic carbocycles. The molecule has 1 fully saturated rings. The van der Waals surface area contributed by atoms with Crippen LogP contribution in [0.1, 0.15) is 22.6 Å². The maximum Gasteiger partial charge on any atom is 0.244 e. The van der Waals surface area contributed by atoms with E-state index in [2.05, 4.69) is 47.4 Å². The number of likely N-dealkylation sites (tertiary alicyclic amines) is 1. The molecule has 4 nitrogen and oxygen atoms in total. The monoisotopic (exact) mass is 452 g/mol. The second-order valence-corrected chi connectivity index (χ2v) is 10.8. The Morgan fingerprint density at radius 3 is 2.35 bits per heavy atom. The predicted octanol–water partition coefficient (Wildman–Crippen LogP) is 4.76. The molecular weight excluding hydrogens is 428 g/mol. The minimum atomic E-state index is -3.69. The molecule has 0 radical (unpaired) electrons. The van der Waals surface area contributed by atoms with E-state index in [1.165, 1.54) is 11.1 Å². The third-order valence-corrected chi connectivity index (χ3v) is 8.77. The molecule has 0 aromatic heterocycles. The molecule has 0 saturated carbocycles. The van der Waals surface area contributed by atoms with Gasteiger partial charge in [0.05, 0.1) is 5.02 Å². The highest BCUT2D eigenvalue weighted by molar-refractivity contribution is 7.89. The normalized spacial score (nSPS) is 22.0. The lowest BCUT2D eigenvalue weighted by Gasteiger charge is -2.24. The van der Waals surface area contributed by atoms with Gasteiger partial charge in [-0.05, 0) is 34.7 Å². The summed E-state index contributed by atoms with van der Waals surface area (Å²) in [6, 6.07) is 25.5. The van der Waals surface area contributed by atoms with Gasteiger partial charge >= 0.3 is 0 Å². The van der Waals surface area contributed by atoms with Crippen LogP contribution < -0.4 is 0 Å². The zero-order chi connectivity index (χ0) is 21.4. The average Bonchev–Trinajstić information content (AvgIpc) is 3.09. The Balaban J connectivity index is 1.48. The first-order valence-corrected chi connectivity index (χ1v) is 12.4. The summed E-state index contributed by atoms with van der Waals surface area (Å²) in [5.74, 6) is 0.566. The molecule has 31 heavy (non-hydrogen) atoms. The largest absolute Gasteiger partial charge is 0.298 e. The molecular formula is C25H25ClN2O2S. The van der Waals surface area contributed by atoms with Gasteiger partial charge in [0.2, 0.25) is 10.0 Å². The van der Waals surface area contributed by atoms with Crippen LogP contribution >= 0.6 is 11.6 Å². The zero-order valence-electron chi connectivity index (χ0n) is 17.2. The van der Waals surface area contributed by atoms with Gasteiger partial charge in [-0.15, -0.1) is 0 Å². The van der Waals surface area contributed by atoms with Gasteiger partial charge in [-0.1, -0.05) is 78.3 Å². The molecule has 0 amide bonds. The van der Waals surface area contributed by atoms with Crippen LogP contribution in [0.2, 0.25) is 5.02 Å². The molecule has 2 heterocycles. The summed E-state index contributed by atoms with van der Waals surface area (Å²) in [4.78, 5) is 2.64. The molecule has 3 aromatic rings. The first-order chi connectivity index (χ1) is 15.0. The number of hydrogen-bond donors (Lipinski definition) is 0. The number of nitrogens with zero attached hydrogens (tertiary/aromatic N) is 2. The standard InChI is InChI=1S/C25H25ClN2O2S/c26-24-12-6-7-13-25(24)31(29,30)28-16-20-10-4-5-11-22(20)23-18-27(15-21(23)17-28)14-19-8-2-1-3-9-19/h1-13,21,23H,14-18H2/t21-,23+/m1/s1. The third-order valence-electron chi connectivity index (χ3n) is 6.46. The number of sulfonamides is 1. The SMILES string of the molecule is O=S(=O)(c1ccccc1Cl)N1Cc2ccccc2[C@H]2CN(Cc3ccccc3)C[C@@H]2C1. The van der Waals surface area contributed by atoms with E-state index in [4.69, 9.17) is 11.6 Å². The smallest absolute Gasteiger partial charge is 0.244 e. The van der Waals surface area contributed by atoms with Gasteiger partial charge < -0.3 is 0 Å². The van der Waals surface area contributed by atoms with Crippen molar-refractivity contribution in [2.75, 3.05) is 19.6 Å². The van der Waals surface area contributed by atoms with Gasteiger partial charge in [0, 0.05) is 38.6 Å². The van der Waals surface area contributed by atoms with Crippen LogP contribution in [-0.2, 0) is 23.1 Å². The first-order valence-electron chi connectivity index (χ1n) is 10.6. The van der Waals surface area contributed by atoms with Gasteiger partial charge in [0.15, 0.2) is 0 Å². The van der Waals surface area contributed by atoms with Crippen molar-refractivity contribution in [3.8, 4) is 0 Å². The maximum absolute atomic E-state index is 13.6. The Kier molecular flexibility index (Phi) is 5.61. The minimum absolute atomic E-state index is 0.187. The maximum atomic E-state index is 13.6. The van der Waals surface area contributed by atoms with E-state index in [0.717, 1.165) is 25.2 Å². The highest BCUT2D eigenvalue weighted by Gasteiger charge is 2.41. The Hall–Kier alpha value is -2.18. The quantitative estimate of drug-likeness (QED) is 0.573. The Morgan fingerprint density at radius 2 is 1.55 bits per heavy atom. The molecule has 160 valence electrons. The zero-order valence-corrected chi connectivity index (χ0v) is 18.8. The second-order valence-electron chi connectivity index (χ2n) is 8.47. The summed E-state index contributed by atoms with van der Waals surface area (Å²) in [5.41, 5.74) is 3.65. The fourth-order valence-electron chi connectivity index (χ4n) is 5.00. The highest BCUT2D eigenvalue weighted by Crippen LogP contribution is 2.40. The van der Waals surface area contributed by atoms with E-state index in [9.17, 15) is 8.42 Å². The van der Waals surface area contributed by atoms with Crippen LogP contribution in [0.25, 0.3) is 0 Å². The van der Waals surface area contributed by atoms with E-state index in [1.807, 2.05) is 12.1 Å². The molecule has 3 aromatic carbocycles. The van der Waals surface area contributed by atoms with Gasteiger partial charge in [0.1, 0.15) is 4.90 Å². The van der Waals surface area contributed by atoms with Crippen molar-refractivity contribution in [3.63, 3.8) is 0 Å². The molecule has 0 unspecified atom stereocenters. The van der Waals surface area contributed by atoms with E-state index in [1.54, 1.807) is 28.6 Å². The van der Waals surface area contributed by atoms with Crippen molar-refractivity contribution in [2.24, 2.45) is 5.92 Å². The Bertz CT molecular complexity index is 1180. The van der Waals surface area contributed by atoms with Gasteiger partial charge in [-0.3, -0.25) is 4.90 Å². The Labute approximate surface area is 189 Å². The Morgan fingerprint density at radius 1 is 0.839 bits per heavy atom. The van der Waals surface area contributed by atoms with Crippen molar-refractivity contribution in [2.45, 2.75) is 23.9 Å². The highest BCUT2D eigenvalue weighted by atomic mass is 35.5. The molecule has 1 saturated heterocycles. The van der Waals surface area contributed by atoms with E-state index < -0.39 is 10.0 Å². The van der Waals surface area contributed by atoms with Gasteiger partial charge in [0.25, 0.3) is 0 Å². The fourth-order valence-corrected chi connectivity index (χ4v) is 6.97. The molecule has 2 aliphatic heterocycles. The average molecular weight is 453 g/mol. The molecule has 0 N–H and O–H groups in total. The summed E-state index contributed by atoms with van der Waals surface area (Å²) < 4.78 is 28.7. The van der Waals surface area contributed by atoms with Crippen molar-refractivity contribution in [1.82, 2.24) is 9.21 Å². The predicted molar refractivity (Wildman–Crippen MR) is 123 cm³/mol. The number of rotatable bonds is 4. The molecule has 2 aliphatic rings. The van der Waals surface area contributed by atoms with E-state index >= 15 is 0 Å². The van der Waals surface area contributed by atoms with E-state index in [0.29, 0.717) is 19.0 Å². The summed E-state index contributed by atoms with van der Waals surface area (Å²) >= 11 is 6.28. The lowest BCUT2D eigenvalue weighted by molar-refractivity contribution is 0.293. The van der Waals surface area contributed by atoms with E-state index in [-0.39, 0.29) is 15.8 Å². The van der Waals surface area contributed by atoms with Crippen LogP contribution in [0.3, 0.4) is 0 Å². The molecule has 2 atom stereocenters. The van der Waals surface area contributed by atoms with Crippen LogP contribution in [0.4, 0.5) is 0 Å². The first kappa shape index (κ1) is 20.7. The van der Waals surface area contributed by atoms with Crippen molar-refractivity contribution in [3.05, 3.63) is 101 Å². The fraction of sp³-hybridized carbons (Fsp3) is 0.280. The number of halogens is 1. The van der Waals surface area contributed by atoms with Crippen molar-refractivity contribution >= 4 is 21.6 Å². The topological polar surface area (TPSA) is 40.6 Å². The van der Waals surface area contributed by atoms with Crippen LogP contribution in [0, 0.1) is 5.92 Å². The summed E-state index contributed by atoms with van der Waals surface area (Å²) in [5, 5.41) is 0.272. The molecule has 5 rings (SSSR count). The van der Waals surface area contributed by atoms with Crippen LogP contribution in [0.15, 0.2) is 83.8 Å². The molecule has 6 heteroatoms. The number of fused-ring (bicyclic) bond motifs is 3. The third kappa shape index (κ3) is 4.03. The number of hydrogen-bond acceptors (Lipinski definition) is 3. The number of benzene rings is 3. The van der Waals surface area contributed by atoms with Crippen molar-refractivity contribution < 1.29 is 8.42 Å². The van der Waals surface area contributed by atoms with Gasteiger partial charge in [-0.2, -0.15) is 4.31 Å². The summed E-state index contributed by atoms with van der Waals surface area (Å²) in [6.45, 7) is 3.58. The second kappa shape index (κ2) is 8.40. The summed E-state index contributed by atoms with van der Waals surface area (Å²) in [6.07, 6.45) is 0. The molecule has 0 bridgehead atoms.